The second-order valence-corrected chi connectivity index (χ2v) is 7.34. The zero-order valence-corrected chi connectivity index (χ0v) is 12.5. The van der Waals surface area contributed by atoms with Crippen LogP contribution in [0.25, 0.3) is 0 Å². The Kier molecular flexibility index (Phi) is 4.34. The normalized spacial score (nSPS) is 11.7. The van der Waals surface area contributed by atoms with E-state index in [9.17, 15) is 8.42 Å². The predicted octanol–water partition coefficient (Wildman–Crippen LogP) is 2.14. The van der Waals surface area contributed by atoms with E-state index in [1.807, 2.05) is 24.6 Å². The molecule has 6 heteroatoms. The molecular weight excluding hydrogens is 280 g/mol. The van der Waals surface area contributed by atoms with E-state index in [2.05, 4.69) is 10.3 Å². The van der Waals surface area contributed by atoms with Gasteiger partial charge in [-0.15, -0.1) is 11.3 Å². The molecule has 1 heterocycles. The Balaban J connectivity index is 1.92. The summed E-state index contributed by atoms with van der Waals surface area (Å²) in [5.74, 6) is 0. The van der Waals surface area contributed by atoms with Crippen LogP contribution < -0.4 is 5.32 Å². The van der Waals surface area contributed by atoms with Crippen LogP contribution in [0.15, 0.2) is 34.7 Å². The maximum Gasteiger partial charge on any atom is 0.175 e. The standard InChI is InChI=1S/C13H16N2O2S2/c1-10-13(18-9-15-10)8-14-7-11-3-5-12(6-4-11)19(2,16)17/h3-6,9,14H,7-8H2,1-2H3. The molecule has 0 aliphatic heterocycles. The van der Waals surface area contributed by atoms with Crippen molar-refractivity contribution in [2.24, 2.45) is 0 Å². The lowest BCUT2D eigenvalue weighted by Gasteiger charge is -2.05. The molecule has 0 saturated carbocycles. The van der Waals surface area contributed by atoms with Crippen molar-refractivity contribution in [3.63, 3.8) is 0 Å². The molecule has 0 atom stereocenters. The Labute approximate surface area is 117 Å². The zero-order valence-electron chi connectivity index (χ0n) is 10.9. The van der Waals surface area contributed by atoms with Crippen LogP contribution in [-0.2, 0) is 22.9 Å². The monoisotopic (exact) mass is 296 g/mol. The van der Waals surface area contributed by atoms with Crippen molar-refractivity contribution in [2.75, 3.05) is 6.26 Å². The number of sulfone groups is 1. The molecule has 0 aliphatic carbocycles. The van der Waals surface area contributed by atoms with Gasteiger partial charge in [0.25, 0.3) is 0 Å². The van der Waals surface area contributed by atoms with E-state index in [1.54, 1.807) is 23.5 Å². The van der Waals surface area contributed by atoms with Crippen LogP contribution in [0.2, 0.25) is 0 Å². The highest BCUT2D eigenvalue weighted by Gasteiger charge is 2.06. The number of benzene rings is 1. The highest BCUT2D eigenvalue weighted by atomic mass is 32.2. The Morgan fingerprint density at radius 3 is 2.42 bits per heavy atom. The summed E-state index contributed by atoms with van der Waals surface area (Å²) in [6.45, 7) is 3.49. The van der Waals surface area contributed by atoms with Crippen LogP contribution >= 0.6 is 11.3 Å². The lowest BCUT2D eigenvalue weighted by Crippen LogP contribution is -2.12. The minimum absolute atomic E-state index is 0.356. The molecule has 19 heavy (non-hydrogen) atoms. The van der Waals surface area contributed by atoms with Gasteiger partial charge in [-0.05, 0) is 24.6 Å². The first-order chi connectivity index (χ1) is 8.97. The zero-order chi connectivity index (χ0) is 13.9. The van der Waals surface area contributed by atoms with Gasteiger partial charge in [0, 0.05) is 24.2 Å². The van der Waals surface area contributed by atoms with Gasteiger partial charge in [0.15, 0.2) is 9.84 Å². The summed E-state index contributed by atoms with van der Waals surface area (Å²) >= 11 is 1.64. The SMILES string of the molecule is Cc1ncsc1CNCc1ccc(S(C)(=O)=O)cc1. The van der Waals surface area contributed by atoms with Crippen molar-refractivity contribution in [3.05, 3.63) is 45.9 Å². The molecule has 0 saturated heterocycles. The number of hydrogen-bond donors (Lipinski definition) is 1. The largest absolute Gasteiger partial charge is 0.308 e. The van der Waals surface area contributed by atoms with Gasteiger partial charge in [0.2, 0.25) is 0 Å². The van der Waals surface area contributed by atoms with Gasteiger partial charge >= 0.3 is 0 Å². The minimum atomic E-state index is -3.11. The van der Waals surface area contributed by atoms with Gasteiger partial charge in [-0.1, -0.05) is 12.1 Å². The fourth-order valence-corrected chi connectivity index (χ4v) is 3.05. The van der Waals surface area contributed by atoms with E-state index in [1.165, 1.54) is 11.1 Å². The second-order valence-electron chi connectivity index (χ2n) is 4.38. The summed E-state index contributed by atoms with van der Waals surface area (Å²) in [5, 5.41) is 3.32. The van der Waals surface area contributed by atoms with E-state index in [0.29, 0.717) is 11.4 Å². The Morgan fingerprint density at radius 2 is 1.89 bits per heavy atom. The molecular formula is C13H16N2O2S2. The number of aromatic nitrogens is 1. The number of hydrogen-bond acceptors (Lipinski definition) is 5. The molecule has 1 N–H and O–H groups in total. The summed E-state index contributed by atoms with van der Waals surface area (Å²) < 4.78 is 22.7. The number of nitrogens with one attached hydrogen (secondary N) is 1. The molecule has 1 aromatic heterocycles. The van der Waals surface area contributed by atoms with Crippen molar-refractivity contribution in [1.29, 1.82) is 0 Å². The average Bonchev–Trinajstić information content (AvgIpc) is 2.75. The van der Waals surface area contributed by atoms with Crippen molar-refractivity contribution in [2.45, 2.75) is 24.9 Å². The Morgan fingerprint density at radius 1 is 1.21 bits per heavy atom. The third-order valence-corrected chi connectivity index (χ3v) is 4.87. The van der Waals surface area contributed by atoms with Gasteiger partial charge < -0.3 is 5.32 Å². The summed E-state index contributed by atoms with van der Waals surface area (Å²) in [6.07, 6.45) is 1.22. The van der Waals surface area contributed by atoms with Crippen molar-refractivity contribution in [3.8, 4) is 0 Å². The number of rotatable bonds is 5. The molecule has 0 unspecified atom stereocenters. The Hall–Kier alpha value is -1.24. The molecule has 2 aromatic rings. The highest BCUT2D eigenvalue weighted by Crippen LogP contribution is 2.13. The molecule has 4 nitrogen and oxygen atoms in total. The molecule has 0 radical (unpaired) electrons. The third kappa shape index (κ3) is 3.86. The van der Waals surface area contributed by atoms with Gasteiger partial charge in [0.05, 0.1) is 16.1 Å². The van der Waals surface area contributed by atoms with E-state index in [-0.39, 0.29) is 0 Å². The molecule has 0 amide bonds. The first kappa shape index (κ1) is 14.2. The third-order valence-electron chi connectivity index (χ3n) is 2.81. The quantitative estimate of drug-likeness (QED) is 0.918. The fraction of sp³-hybridized carbons (Fsp3) is 0.308. The predicted molar refractivity (Wildman–Crippen MR) is 76.9 cm³/mol. The molecule has 0 aliphatic rings. The molecule has 1 aromatic carbocycles. The van der Waals surface area contributed by atoms with Crippen LogP contribution in [0.4, 0.5) is 0 Å². The maximum absolute atomic E-state index is 11.3. The van der Waals surface area contributed by atoms with E-state index >= 15 is 0 Å². The number of thiazole rings is 1. The lowest BCUT2D eigenvalue weighted by molar-refractivity contribution is 0.602. The minimum Gasteiger partial charge on any atom is -0.308 e. The maximum atomic E-state index is 11.3. The highest BCUT2D eigenvalue weighted by molar-refractivity contribution is 7.90. The van der Waals surface area contributed by atoms with E-state index < -0.39 is 9.84 Å². The van der Waals surface area contributed by atoms with Crippen LogP contribution in [0.5, 0.6) is 0 Å². The van der Waals surface area contributed by atoms with Crippen LogP contribution in [0.3, 0.4) is 0 Å². The molecule has 0 fully saturated rings. The molecule has 0 bridgehead atoms. The van der Waals surface area contributed by atoms with Crippen LogP contribution in [0, 0.1) is 6.92 Å². The summed E-state index contributed by atoms with van der Waals surface area (Å²) in [6, 6.07) is 6.96. The van der Waals surface area contributed by atoms with Crippen molar-refractivity contribution >= 4 is 21.2 Å². The molecule has 102 valence electrons. The van der Waals surface area contributed by atoms with Crippen molar-refractivity contribution < 1.29 is 8.42 Å². The fourth-order valence-electron chi connectivity index (χ4n) is 1.67. The van der Waals surface area contributed by atoms with Gasteiger partial charge in [-0.25, -0.2) is 13.4 Å². The smallest absolute Gasteiger partial charge is 0.175 e. The number of aryl methyl sites for hydroxylation is 1. The average molecular weight is 296 g/mol. The van der Waals surface area contributed by atoms with Gasteiger partial charge in [-0.3, -0.25) is 0 Å². The molecule has 0 spiro atoms. The summed E-state index contributed by atoms with van der Waals surface area (Å²) in [7, 11) is -3.11. The van der Waals surface area contributed by atoms with E-state index in [4.69, 9.17) is 0 Å². The second kappa shape index (κ2) is 5.81. The van der Waals surface area contributed by atoms with E-state index in [0.717, 1.165) is 17.8 Å². The topological polar surface area (TPSA) is 59.1 Å². The molecule has 2 rings (SSSR count). The van der Waals surface area contributed by atoms with Gasteiger partial charge in [0.1, 0.15) is 0 Å². The van der Waals surface area contributed by atoms with Crippen LogP contribution in [0.1, 0.15) is 16.1 Å². The van der Waals surface area contributed by atoms with Gasteiger partial charge in [-0.2, -0.15) is 0 Å². The first-order valence-electron chi connectivity index (χ1n) is 5.85. The lowest BCUT2D eigenvalue weighted by atomic mass is 10.2. The summed E-state index contributed by atoms with van der Waals surface area (Å²) in [5.41, 5.74) is 3.97. The Bertz CT molecular complexity index is 646. The first-order valence-corrected chi connectivity index (χ1v) is 8.62. The number of nitrogens with zero attached hydrogens (tertiary/aromatic N) is 1. The van der Waals surface area contributed by atoms with Crippen LogP contribution in [-0.4, -0.2) is 19.7 Å². The van der Waals surface area contributed by atoms with Crippen molar-refractivity contribution in [1.82, 2.24) is 10.3 Å². The summed E-state index contributed by atoms with van der Waals surface area (Å²) in [4.78, 5) is 5.78.